The predicted octanol–water partition coefficient (Wildman–Crippen LogP) is 4.27. The van der Waals surface area contributed by atoms with Crippen molar-refractivity contribution in [3.8, 4) is 5.69 Å². The van der Waals surface area contributed by atoms with Gasteiger partial charge in [-0.25, -0.2) is 4.98 Å². The molecule has 1 saturated heterocycles. The minimum atomic E-state index is 0.344. The normalized spacial score (nSPS) is 15.1. The number of oxazole rings is 1. The molecule has 0 spiro atoms. The molecule has 4 rings (SSSR count). The highest BCUT2D eigenvalue weighted by molar-refractivity contribution is 7.98. The molecule has 0 saturated carbocycles. The Labute approximate surface area is 164 Å². The third kappa shape index (κ3) is 4.25. The maximum Gasteiger partial charge on any atom is 0.204 e. The summed E-state index contributed by atoms with van der Waals surface area (Å²) in [5, 5.41) is 9.85. The first-order chi connectivity index (χ1) is 13.2. The molecule has 3 aromatic rings. The summed E-state index contributed by atoms with van der Waals surface area (Å²) in [6, 6.07) is 10.3. The van der Waals surface area contributed by atoms with Gasteiger partial charge in [-0.15, -0.1) is 10.2 Å². The average Bonchev–Trinajstić information content (AvgIpc) is 3.42. The fourth-order valence-electron chi connectivity index (χ4n) is 3.26. The highest BCUT2D eigenvalue weighted by Crippen LogP contribution is 2.27. The van der Waals surface area contributed by atoms with Crippen molar-refractivity contribution < 1.29 is 4.42 Å². The van der Waals surface area contributed by atoms with E-state index in [0.717, 1.165) is 48.0 Å². The van der Waals surface area contributed by atoms with E-state index in [1.807, 2.05) is 24.4 Å². The molecule has 0 N–H and O–H groups in total. The molecule has 142 valence electrons. The first-order valence-electron chi connectivity index (χ1n) is 9.50. The second-order valence-corrected chi connectivity index (χ2v) is 8.10. The number of nitrogens with zero attached hydrogens (tertiary/aromatic N) is 5. The van der Waals surface area contributed by atoms with Gasteiger partial charge >= 0.3 is 0 Å². The second-order valence-electron chi connectivity index (χ2n) is 7.15. The van der Waals surface area contributed by atoms with Crippen molar-refractivity contribution in [3.63, 3.8) is 0 Å². The third-order valence-corrected chi connectivity index (χ3v) is 5.66. The molecule has 0 bridgehead atoms. The second kappa shape index (κ2) is 8.27. The number of hydrogen-bond acceptors (Lipinski definition) is 6. The molecule has 3 heterocycles. The summed E-state index contributed by atoms with van der Waals surface area (Å²) in [5.41, 5.74) is 1.09. The highest BCUT2D eigenvalue weighted by atomic mass is 32.2. The van der Waals surface area contributed by atoms with Crippen molar-refractivity contribution in [2.24, 2.45) is 0 Å². The number of hydrogen-bond donors (Lipinski definition) is 0. The van der Waals surface area contributed by atoms with Crippen LogP contribution in [0, 0.1) is 0 Å². The van der Waals surface area contributed by atoms with Crippen LogP contribution >= 0.6 is 11.8 Å². The lowest BCUT2D eigenvalue weighted by atomic mass is 10.2. The molecule has 0 radical (unpaired) electrons. The van der Waals surface area contributed by atoms with Gasteiger partial charge in [0.25, 0.3) is 0 Å². The van der Waals surface area contributed by atoms with Crippen molar-refractivity contribution in [2.75, 3.05) is 13.1 Å². The van der Waals surface area contributed by atoms with Crippen molar-refractivity contribution >= 4 is 11.8 Å². The lowest BCUT2D eigenvalue weighted by molar-refractivity contribution is 0.319. The average molecular weight is 384 g/mol. The van der Waals surface area contributed by atoms with E-state index in [2.05, 4.69) is 50.6 Å². The quantitative estimate of drug-likeness (QED) is 0.568. The maximum absolute atomic E-state index is 5.83. The largest absolute Gasteiger partial charge is 0.445 e. The smallest absolute Gasteiger partial charge is 0.204 e. The summed E-state index contributed by atoms with van der Waals surface area (Å²) in [6.07, 6.45) is 4.36. The summed E-state index contributed by atoms with van der Waals surface area (Å²) >= 11 is 1.61. The van der Waals surface area contributed by atoms with Gasteiger partial charge in [0.2, 0.25) is 5.89 Å². The third-order valence-electron chi connectivity index (χ3n) is 4.74. The zero-order valence-corrected chi connectivity index (χ0v) is 16.7. The van der Waals surface area contributed by atoms with E-state index in [1.165, 1.54) is 12.8 Å². The molecule has 1 aliphatic rings. The molecule has 27 heavy (non-hydrogen) atoms. The van der Waals surface area contributed by atoms with Gasteiger partial charge in [0.15, 0.2) is 11.0 Å². The molecular weight excluding hydrogens is 358 g/mol. The van der Waals surface area contributed by atoms with Crippen molar-refractivity contribution in [1.82, 2.24) is 24.6 Å². The number of thioether (sulfide) groups is 1. The van der Waals surface area contributed by atoms with Gasteiger partial charge in [-0.05, 0) is 38.1 Å². The van der Waals surface area contributed by atoms with E-state index < -0.39 is 0 Å². The first-order valence-corrected chi connectivity index (χ1v) is 10.5. The van der Waals surface area contributed by atoms with Crippen molar-refractivity contribution in [3.05, 3.63) is 54.0 Å². The van der Waals surface area contributed by atoms with E-state index in [0.29, 0.717) is 11.7 Å². The zero-order valence-electron chi connectivity index (χ0n) is 15.8. The SMILES string of the molecule is CC(C)c1cnc(CSc2nnc(CN3CCCC3)n2-c2ccccc2)o1. The van der Waals surface area contributed by atoms with Crippen LogP contribution < -0.4 is 0 Å². The Morgan fingerprint density at radius 1 is 1.11 bits per heavy atom. The van der Waals surface area contributed by atoms with E-state index in [1.54, 1.807) is 11.8 Å². The lowest BCUT2D eigenvalue weighted by Crippen LogP contribution is -2.21. The molecular formula is C20H25N5OS. The molecule has 7 heteroatoms. The topological polar surface area (TPSA) is 60.0 Å². The Hall–Kier alpha value is -2.12. The molecule has 2 aromatic heterocycles. The Balaban J connectivity index is 1.56. The van der Waals surface area contributed by atoms with Gasteiger partial charge in [0.1, 0.15) is 5.76 Å². The number of benzene rings is 1. The molecule has 1 aliphatic heterocycles. The molecule has 1 aromatic carbocycles. The Kier molecular flexibility index (Phi) is 5.59. The number of rotatable bonds is 7. The van der Waals surface area contributed by atoms with Crippen LogP contribution in [0.1, 0.15) is 50.1 Å². The van der Waals surface area contributed by atoms with Crippen LogP contribution in [0.5, 0.6) is 0 Å². The zero-order chi connectivity index (χ0) is 18.6. The fourth-order valence-corrected chi connectivity index (χ4v) is 4.08. The number of aromatic nitrogens is 4. The van der Waals surface area contributed by atoms with Crippen LogP contribution in [0.15, 0.2) is 46.1 Å². The van der Waals surface area contributed by atoms with Crippen LogP contribution in [0.3, 0.4) is 0 Å². The highest BCUT2D eigenvalue weighted by Gasteiger charge is 2.20. The lowest BCUT2D eigenvalue weighted by Gasteiger charge is -2.15. The summed E-state index contributed by atoms with van der Waals surface area (Å²) in [6.45, 7) is 7.32. The minimum Gasteiger partial charge on any atom is -0.445 e. The summed E-state index contributed by atoms with van der Waals surface area (Å²) in [4.78, 5) is 6.84. The van der Waals surface area contributed by atoms with Crippen LogP contribution in [0.4, 0.5) is 0 Å². The first kappa shape index (κ1) is 18.3. The molecule has 1 fully saturated rings. The van der Waals surface area contributed by atoms with Crippen LogP contribution in [-0.4, -0.2) is 37.7 Å². The minimum absolute atomic E-state index is 0.344. The van der Waals surface area contributed by atoms with Gasteiger partial charge in [0.05, 0.1) is 18.5 Å². The van der Waals surface area contributed by atoms with Crippen LogP contribution in [0.25, 0.3) is 5.69 Å². The fraction of sp³-hybridized carbons (Fsp3) is 0.450. The summed E-state index contributed by atoms with van der Waals surface area (Å²) in [5.74, 6) is 3.62. The summed E-state index contributed by atoms with van der Waals surface area (Å²) in [7, 11) is 0. The summed E-state index contributed by atoms with van der Waals surface area (Å²) < 4.78 is 7.99. The molecule has 0 unspecified atom stereocenters. The number of para-hydroxylation sites is 1. The maximum atomic E-state index is 5.83. The molecule has 0 aliphatic carbocycles. The molecule has 0 atom stereocenters. The van der Waals surface area contributed by atoms with Crippen LogP contribution in [-0.2, 0) is 12.3 Å². The van der Waals surface area contributed by atoms with Gasteiger partial charge in [-0.3, -0.25) is 9.47 Å². The Bertz CT molecular complexity index is 868. The standard InChI is InChI=1S/C20H25N5OS/c1-15(2)17-12-21-19(26-17)14-27-20-23-22-18(13-24-10-6-7-11-24)25(20)16-8-4-3-5-9-16/h3-5,8-9,12,15H,6-7,10-11,13-14H2,1-2H3. The Morgan fingerprint density at radius 3 is 2.59 bits per heavy atom. The Morgan fingerprint density at radius 2 is 1.89 bits per heavy atom. The molecule has 0 amide bonds. The van der Waals surface area contributed by atoms with E-state index >= 15 is 0 Å². The molecule has 6 nitrogen and oxygen atoms in total. The van der Waals surface area contributed by atoms with Gasteiger partial charge in [-0.1, -0.05) is 43.8 Å². The van der Waals surface area contributed by atoms with Gasteiger partial charge in [-0.2, -0.15) is 0 Å². The number of likely N-dealkylation sites (tertiary alicyclic amines) is 1. The van der Waals surface area contributed by atoms with E-state index in [-0.39, 0.29) is 0 Å². The monoisotopic (exact) mass is 383 g/mol. The van der Waals surface area contributed by atoms with Gasteiger partial charge < -0.3 is 4.42 Å². The van der Waals surface area contributed by atoms with Crippen molar-refractivity contribution in [2.45, 2.75) is 50.1 Å². The van der Waals surface area contributed by atoms with Gasteiger partial charge in [0, 0.05) is 11.6 Å². The predicted molar refractivity (Wildman–Crippen MR) is 106 cm³/mol. The van der Waals surface area contributed by atoms with Crippen molar-refractivity contribution in [1.29, 1.82) is 0 Å². The van der Waals surface area contributed by atoms with Crippen LogP contribution in [0.2, 0.25) is 0 Å². The van der Waals surface area contributed by atoms with E-state index in [4.69, 9.17) is 4.42 Å². The van der Waals surface area contributed by atoms with E-state index in [9.17, 15) is 0 Å².